The smallest absolute Gasteiger partial charge is 0.241 e. The van der Waals surface area contributed by atoms with Gasteiger partial charge in [-0.05, 0) is 30.2 Å². The van der Waals surface area contributed by atoms with Crippen LogP contribution < -0.4 is 14.4 Å². The van der Waals surface area contributed by atoms with E-state index in [0.717, 1.165) is 17.8 Å². The highest BCUT2D eigenvalue weighted by Gasteiger charge is 2.23. The lowest BCUT2D eigenvalue weighted by molar-refractivity contribution is 0.310. The SMILES string of the molecule is Cc1cc2c(cc1S(=O)(=O)NCc1cccnc1)OCCN2C. The molecule has 0 atom stereocenters. The van der Waals surface area contributed by atoms with Crippen molar-refractivity contribution >= 4 is 15.7 Å². The second-order valence-electron chi connectivity index (χ2n) is 5.54. The molecule has 6 nitrogen and oxygen atoms in total. The average molecular weight is 333 g/mol. The summed E-state index contributed by atoms with van der Waals surface area (Å²) in [5.41, 5.74) is 2.42. The first-order valence-corrected chi connectivity index (χ1v) is 8.83. The van der Waals surface area contributed by atoms with E-state index in [1.165, 1.54) is 0 Å². The van der Waals surface area contributed by atoms with Crippen molar-refractivity contribution in [3.05, 3.63) is 47.8 Å². The number of sulfonamides is 1. The molecule has 3 rings (SSSR count). The maximum Gasteiger partial charge on any atom is 0.241 e. The van der Waals surface area contributed by atoms with E-state index in [4.69, 9.17) is 4.74 Å². The fourth-order valence-corrected chi connectivity index (χ4v) is 3.79. The Morgan fingerprint density at radius 2 is 2.22 bits per heavy atom. The highest BCUT2D eigenvalue weighted by molar-refractivity contribution is 7.89. The molecule has 1 aliphatic rings. The van der Waals surface area contributed by atoms with Crippen molar-refractivity contribution in [2.24, 2.45) is 0 Å². The van der Waals surface area contributed by atoms with Gasteiger partial charge in [-0.2, -0.15) is 0 Å². The minimum atomic E-state index is -3.62. The average Bonchev–Trinajstić information content (AvgIpc) is 2.54. The number of ether oxygens (including phenoxy) is 1. The number of nitrogens with zero attached hydrogens (tertiary/aromatic N) is 2. The minimum absolute atomic E-state index is 0.202. The normalized spacial score (nSPS) is 14.3. The van der Waals surface area contributed by atoms with Crippen molar-refractivity contribution in [2.75, 3.05) is 25.1 Å². The highest BCUT2D eigenvalue weighted by atomic mass is 32.2. The number of aryl methyl sites for hydroxylation is 1. The Kier molecular flexibility index (Phi) is 4.23. The lowest BCUT2D eigenvalue weighted by Crippen LogP contribution is -2.30. The zero-order chi connectivity index (χ0) is 16.4. The number of fused-ring (bicyclic) bond motifs is 1. The standard InChI is InChI=1S/C16H19N3O3S/c1-12-8-14-15(22-7-6-19(14)2)9-16(12)23(20,21)18-11-13-4-3-5-17-10-13/h3-5,8-10,18H,6-7,11H2,1-2H3. The minimum Gasteiger partial charge on any atom is -0.490 e. The van der Waals surface area contributed by atoms with Gasteiger partial charge in [0.2, 0.25) is 10.0 Å². The van der Waals surface area contributed by atoms with Gasteiger partial charge in [-0.1, -0.05) is 6.07 Å². The van der Waals surface area contributed by atoms with Gasteiger partial charge in [0.1, 0.15) is 12.4 Å². The van der Waals surface area contributed by atoms with E-state index in [2.05, 4.69) is 14.6 Å². The molecule has 0 saturated carbocycles. The molecule has 122 valence electrons. The Labute approximate surface area is 136 Å². The van der Waals surface area contributed by atoms with E-state index in [9.17, 15) is 8.42 Å². The topological polar surface area (TPSA) is 71.5 Å². The monoisotopic (exact) mass is 333 g/mol. The zero-order valence-corrected chi connectivity index (χ0v) is 13.9. The molecule has 0 spiro atoms. The van der Waals surface area contributed by atoms with Crippen LogP contribution in [-0.4, -0.2) is 33.6 Å². The van der Waals surface area contributed by atoms with Crippen molar-refractivity contribution in [1.82, 2.24) is 9.71 Å². The van der Waals surface area contributed by atoms with Crippen LogP contribution in [0.1, 0.15) is 11.1 Å². The van der Waals surface area contributed by atoms with E-state index >= 15 is 0 Å². The molecule has 1 aromatic carbocycles. The number of pyridine rings is 1. The summed E-state index contributed by atoms with van der Waals surface area (Å²) in [6.45, 7) is 3.34. The lowest BCUT2D eigenvalue weighted by Gasteiger charge is -2.28. The van der Waals surface area contributed by atoms with Crippen molar-refractivity contribution in [3.63, 3.8) is 0 Å². The van der Waals surface area contributed by atoms with Crippen LogP contribution >= 0.6 is 0 Å². The van der Waals surface area contributed by atoms with E-state index in [0.29, 0.717) is 17.9 Å². The summed E-state index contributed by atoms with van der Waals surface area (Å²) in [5, 5.41) is 0. The van der Waals surface area contributed by atoms with Crippen molar-refractivity contribution in [3.8, 4) is 5.75 Å². The molecule has 2 heterocycles. The first-order chi connectivity index (χ1) is 11.0. The maximum absolute atomic E-state index is 12.6. The van der Waals surface area contributed by atoms with Crippen LogP contribution in [0.25, 0.3) is 0 Å². The van der Waals surface area contributed by atoms with Gasteiger partial charge in [-0.15, -0.1) is 0 Å². The molecule has 1 N–H and O–H groups in total. The van der Waals surface area contributed by atoms with Gasteiger partial charge in [0.25, 0.3) is 0 Å². The van der Waals surface area contributed by atoms with Crippen LogP contribution in [0.2, 0.25) is 0 Å². The summed E-state index contributed by atoms with van der Waals surface area (Å²) in [6, 6.07) is 7.06. The van der Waals surface area contributed by atoms with E-state index in [-0.39, 0.29) is 11.4 Å². The fraction of sp³-hybridized carbons (Fsp3) is 0.312. The van der Waals surface area contributed by atoms with Crippen LogP contribution in [0.5, 0.6) is 5.75 Å². The van der Waals surface area contributed by atoms with Gasteiger partial charge in [-0.25, -0.2) is 13.1 Å². The van der Waals surface area contributed by atoms with Crippen LogP contribution in [0.3, 0.4) is 0 Å². The Morgan fingerprint density at radius 3 is 2.96 bits per heavy atom. The number of benzene rings is 1. The number of anilines is 1. The molecule has 0 aliphatic carbocycles. The first kappa shape index (κ1) is 15.8. The van der Waals surface area contributed by atoms with Crippen LogP contribution in [0, 0.1) is 6.92 Å². The van der Waals surface area contributed by atoms with Gasteiger partial charge in [-0.3, -0.25) is 4.98 Å². The molecule has 0 unspecified atom stereocenters. The first-order valence-electron chi connectivity index (χ1n) is 7.34. The predicted octanol–water partition coefficient (Wildman–Crippen LogP) is 1.70. The number of aromatic nitrogens is 1. The molecular weight excluding hydrogens is 314 g/mol. The second kappa shape index (κ2) is 6.17. The summed E-state index contributed by atoms with van der Waals surface area (Å²) in [6.07, 6.45) is 3.29. The quantitative estimate of drug-likeness (QED) is 0.922. The summed E-state index contributed by atoms with van der Waals surface area (Å²) in [4.78, 5) is 6.29. The predicted molar refractivity (Wildman–Crippen MR) is 88.2 cm³/mol. The molecule has 0 amide bonds. The van der Waals surface area contributed by atoms with Gasteiger partial charge in [0.15, 0.2) is 0 Å². The zero-order valence-electron chi connectivity index (χ0n) is 13.1. The Bertz CT molecular complexity index is 807. The van der Waals surface area contributed by atoms with Gasteiger partial charge >= 0.3 is 0 Å². The molecule has 0 radical (unpaired) electrons. The van der Waals surface area contributed by atoms with E-state index in [1.54, 1.807) is 31.5 Å². The number of hydrogen-bond donors (Lipinski definition) is 1. The van der Waals surface area contributed by atoms with Crippen molar-refractivity contribution < 1.29 is 13.2 Å². The second-order valence-corrected chi connectivity index (χ2v) is 7.28. The molecule has 0 bridgehead atoms. The summed E-state index contributed by atoms with van der Waals surface area (Å²) < 4.78 is 33.4. The highest BCUT2D eigenvalue weighted by Crippen LogP contribution is 2.35. The van der Waals surface area contributed by atoms with E-state index in [1.807, 2.05) is 19.2 Å². The molecule has 1 aromatic heterocycles. The summed E-state index contributed by atoms with van der Waals surface area (Å²) in [5.74, 6) is 0.603. The fourth-order valence-electron chi connectivity index (χ4n) is 2.53. The number of rotatable bonds is 4. The number of likely N-dealkylation sites (N-methyl/N-ethyl adjacent to an activating group) is 1. The molecule has 2 aromatic rings. The third-order valence-electron chi connectivity index (χ3n) is 3.83. The summed E-state index contributed by atoms with van der Waals surface area (Å²) >= 11 is 0. The Balaban J connectivity index is 1.88. The van der Waals surface area contributed by atoms with E-state index < -0.39 is 10.0 Å². The van der Waals surface area contributed by atoms with Crippen LogP contribution in [-0.2, 0) is 16.6 Å². The maximum atomic E-state index is 12.6. The number of hydrogen-bond acceptors (Lipinski definition) is 5. The lowest BCUT2D eigenvalue weighted by atomic mass is 10.2. The summed E-state index contributed by atoms with van der Waals surface area (Å²) in [7, 11) is -1.65. The van der Waals surface area contributed by atoms with Gasteiger partial charge in [0, 0.05) is 32.1 Å². The van der Waals surface area contributed by atoms with Crippen molar-refractivity contribution in [2.45, 2.75) is 18.4 Å². The molecule has 7 heteroatoms. The molecule has 1 aliphatic heterocycles. The number of nitrogens with one attached hydrogen (secondary N) is 1. The molecule has 23 heavy (non-hydrogen) atoms. The molecular formula is C16H19N3O3S. The molecule has 0 fully saturated rings. The van der Waals surface area contributed by atoms with Gasteiger partial charge < -0.3 is 9.64 Å². The Morgan fingerprint density at radius 1 is 1.39 bits per heavy atom. The third-order valence-corrected chi connectivity index (χ3v) is 5.37. The third kappa shape index (κ3) is 3.30. The Hall–Kier alpha value is -2.12. The van der Waals surface area contributed by atoms with Crippen LogP contribution in [0.15, 0.2) is 41.6 Å². The van der Waals surface area contributed by atoms with Crippen LogP contribution in [0.4, 0.5) is 5.69 Å². The largest absolute Gasteiger partial charge is 0.490 e. The molecule has 0 saturated heterocycles. The van der Waals surface area contributed by atoms with Crippen molar-refractivity contribution in [1.29, 1.82) is 0 Å². The van der Waals surface area contributed by atoms with Gasteiger partial charge in [0.05, 0.1) is 17.1 Å².